The lowest BCUT2D eigenvalue weighted by atomic mass is 9.93. The van der Waals surface area contributed by atoms with Crippen LogP contribution in [0.1, 0.15) is 53.0 Å². The molecule has 3 heterocycles. The molecule has 4 amide bonds. The van der Waals surface area contributed by atoms with Crippen LogP contribution in [0.5, 0.6) is 0 Å². The minimum Gasteiger partial charge on any atom is -0.315 e. The lowest BCUT2D eigenvalue weighted by Gasteiger charge is -2.29. The average Bonchev–Trinajstić information content (AvgIpc) is 2.79. The van der Waals surface area contributed by atoms with Crippen molar-refractivity contribution in [2.24, 2.45) is 5.41 Å². The molecule has 0 bridgehead atoms. The molecule has 8 heteroatoms. The first-order chi connectivity index (χ1) is 13.8. The quantitative estimate of drug-likeness (QED) is 0.721. The fraction of sp³-hybridized carbons (Fsp3) is 0.524. The summed E-state index contributed by atoms with van der Waals surface area (Å²) in [4.78, 5) is 53.2. The van der Waals surface area contributed by atoms with Crippen LogP contribution in [0.4, 0.5) is 0 Å². The number of benzene rings is 1. The van der Waals surface area contributed by atoms with Crippen LogP contribution in [0.15, 0.2) is 18.2 Å². The van der Waals surface area contributed by atoms with E-state index in [9.17, 15) is 19.2 Å². The van der Waals surface area contributed by atoms with Gasteiger partial charge in [0.1, 0.15) is 6.04 Å². The largest absolute Gasteiger partial charge is 0.315 e. The van der Waals surface area contributed by atoms with Gasteiger partial charge >= 0.3 is 0 Å². The maximum absolute atomic E-state index is 13.2. The molecular formula is C21H26N4O4. The number of nitrogens with zero attached hydrogens (tertiary/aromatic N) is 2. The van der Waals surface area contributed by atoms with Gasteiger partial charge in [0, 0.05) is 39.1 Å². The minimum atomic E-state index is -0.936. The molecule has 1 unspecified atom stereocenters. The second-order valence-electron chi connectivity index (χ2n) is 8.84. The lowest BCUT2D eigenvalue weighted by molar-refractivity contribution is -0.136. The summed E-state index contributed by atoms with van der Waals surface area (Å²) in [6.07, 6.45) is 0.282. The van der Waals surface area contributed by atoms with Gasteiger partial charge in [-0.1, -0.05) is 26.0 Å². The molecule has 0 radical (unpaired) electrons. The molecule has 8 nitrogen and oxygen atoms in total. The van der Waals surface area contributed by atoms with Crippen LogP contribution in [0, 0.1) is 5.41 Å². The summed E-state index contributed by atoms with van der Waals surface area (Å²) in [5.74, 6) is -1.86. The van der Waals surface area contributed by atoms with E-state index in [0.717, 1.165) is 36.6 Å². The summed E-state index contributed by atoms with van der Waals surface area (Å²) in [5.41, 5.74) is 1.63. The zero-order valence-electron chi connectivity index (χ0n) is 16.8. The van der Waals surface area contributed by atoms with Gasteiger partial charge in [0.25, 0.3) is 11.8 Å². The van der Waals surface area contributed by atoms with Gasteiger partial charge in [-0.15, -0.1) is 0 Å². The third-order valence-electron chi connectivity index (χ3n) is 5.81. The summed E-state index contributed by atoms with van der Waals surface area (Å²) in [5, 5.41) is 5.67. The molecule has 2 fully saturated rings. The molecular weight excluding hydrogens is 372 g/mol. The zero-order valence-corrected chi connectivity index (χ0v) is 16.8. The Bertz CT molecular complexity index is 895. The van der Waals surface area contributed by atoms with E-state index in [1.807, 2.05) is 6.07 Å². The average molecular weight is 398 g/mol. The predicted octanol–water partition coefficient (Wildman–Crippen LogP) is 0.519. The highest BCUT2D eigenvalue weighted by atomic mass is 16.2. The van der Waals surface area contributed by atoms with Crippen molar-refractivity contribution in [1.82, 2.24) is 20.4 Å². The van der Waals surface area contributed by atoms with E-state index in [4.69, 9.17) is 0 Å². The number of hydrogen-bond acceptors (Lipinski definition) is 6. The fourth-order valence-corrected chi connectivity index (χ4v) is 4.50. The van der Waals surface area contributed by atoms with Gasteiger partial charge in [-0.25, -0.2) is 0 Å². The van der Waals surface area contributed by atoms with Crippen molar-refractivity contribution in [2.75, 3.05) is 26.2 Å². The maximum atomic E-state index is 13.2. The van der Waals surface area contributed by atoms with Gasteiger partial charge in [0.05, 0.1) is 11.1 Å². The van der Waals surface area contributed by atoms with Gasteiger partial charge in [-0.05, 0) is 23.5 Å². The van der Waals surface area contributed by atoms with Crippen molar-refractivity contribution >= 4 is 23.6 Å². The Morgan fingerprint density at radius 3 is 2.69 bits per heavy atom. The van der Waals surface area contributed by atoms with Gasteiger partial charge < -0.3 is 5.32 Å². The second kappa shape index (κ2) is 7.35. The standard InChI is InChI=1S/C21H26N4O4/c1-21(2)11-22-8-9-24(12-21)10-13-4-3-5-14-17(13)20(29)25(19(14)28)15-6-7-16(26)23-18(15)27/h3-5,15,22H,6-12H2,1-2H3,(H,23,26,27). The van der Waals surface area contributed by atoms with Crippen molar-refractivity contribution in [1.29, 1.82) is 0 Å². The number of fused-ring (bicyclic) bond motifs is 1. The molecule has 0 saturated carbocycles. The molecule has 4 rings (SSSR count). The van der Waals surface area contributed by atoms with Crippen LogP contribution < -0.4 is 10.6 Å². The Hall–Kier alpha value is -2.58. The van der Waals surface area contributed by atoms with E-state index in [2.05, 4.69) is 29.4 Å². The normalized spacial score (nSPS) is 25.0. The van der Waals surface area contributed by atoms with Gasteiger partial charge in [0.2, 0.25) is 11.8 Å². The topological polar surface area (TPSA) is 98.8 Å². The molecule has 29 heavy (non-hydrogen) atoms. The maximum Gasteiger partial charge on any atom is 0.262 e. The number of hydrogen-bond donors (Lipinski definition) is 2. The van der Waals surface area contributed by atoms with Gasteiger partial charge in [-0.3, -0.25) is 34.3 Å². The summed E-state index contributed by atoms with van der Waals surface area (Å²) in [6.45, 7) is 8.50. The van der Waals surface area contributed by atoms with Crippen LogP contribution in [-0.4, -0.2) is 65.6 Å². The van der Waals surface area contributed by atoms with E-state index in [0.29, 0.717) is 17.7 Å². The van der Waals surface area contributed by atoms with Crippen molar-refractivity contribution in [3.8, 4) is 0 Å². The van der Waals surface area contributed by atoms with E-state index in [1.165, 1.54) is 0 Å². The van der Waals surface area contributed by atoms with E-state index < -0.39 is 23.8 Å². The molecule has 3 aliphatic heterocycles. The Morgan fingerprint density at radius 2 is 1.93 bits per heavy atom. The first-order valence-electron chi connectivity index (χ1n) is 10.0. The number of carbonyl (C=O) groups is 4. The van der Waals surface area contributed by atoms with E-state index >= 15 is 0 Å². The summed E-state index contributed by atoms with van der Waals surface area (Å²) < 4.78 is 0. The predicted molar refractivity (Wildman–Crippen MR) is 105 cm³/mol. The molecule has 1 aromatic carbocycles. The number of imide groups is 2. The molecule has 1 aromatic rings. The molecule has 0 aliphatic carbocycles. The molecule has 0 spiro atoms. The van der Waals surface area contributed by atoms with Crippen LogP contribution in [0.25, 0.3) is 0 Å². The van der Waals surface area contributed by atoms with Crippen molar-refractivity contribution in [2.45, 2.75) is 39.3 Å². The highest BCUT2D eigenvalue weighted by Gasteiger charge is 2.45. The summed E-state index contributed by atoms with van der Waals surface area (Å²) in [7, 11) is 0. The van der Waals surface area contributed by atoms with Gasteiger partial charge in [0.15, 0.2) is 0 Å². The van der Waals surface area contributed by atoms with E-state index in [1.54, 1.807) is 12.1 Å². The number of amides is 4. The Balaban J connectivity index is 1.61. The number of nitrogens with one attached hydrogen (secondary N) is 2. The highest BCUT2D eigenvalue weighted by Crippen LogP contribution is 2.31. The molecule has 1 atom stereocenters. The Labute approximate surface area is 169 Å². The van der Waals surface area contributed by atoms with Crippen LogP contribution >= 0.6 is 0 Å². The van der Waals surface area contributed by atoms with Crippen molar-refractivity contribution < 1.29 is 19.2 Å². The molecule has 2 saturated heterocycles. The third-order valence-corrected chi connectivity index (χ3v) is 5.81. The Kier molecular flexibility index (Phi) is 5.00. The van der Waals surface area contributed by atoms with Crippen LogP contribution in [0.2, 0.25) is 0 Å². The molecule has 3 aliphatic rings. The molecule has 2 N–H and O–H groups in total. The second-order valence-corrected chi connectivity index (χ2v) is 8.84. The monoisotopic (exact) mass is 398 g/mol. The third kappa shape index (κ3) is 3.70. The minimum absolute atomic E-state index is 0.104. The summed E-state index contributed by atoms with van der Waals surface area (Å²) >= 11 is 0. The van der Waals surface area contributed by atoms with Crippen LogP contribution in [-0.2, 0) is 16.1 Å². The number of carbonyl (C=O) groups excluding carboxylic acids is 4. The smallest absolute Gasteiger partial charge is 0.262 e. The first kappa shape index (κ1) is 19.7. The lowest BCUT2D eigenvalue weighted by Crippen LogP contribution is -2.54. The zero-order chi connectivity index (χ0) is 20.8. The molecule has 154 valence electrons. The number of rotatable bonds is 3. The van der Waals surface area contributed by atoms with Crippen molar-refractivity contribution in [3.05, 3.63) is 34.9 Å². The fourth-order valence-electron chi connectivity index (χ4n) is 4.50. The van der Waals surface area contributed by atoms with Gasteiger partial charge in [-0.2, -0.15) is 0 Å². The summed E-state index contributed by atoms with van der Waals surface area (Å²) in [6, 6.07) is 4.37. The Morgan fingerprint density at radius 1 is 1.14 bits per heavy atom. The van der Waals surface area contributed by atoms with Crippen molar-refractivity contribution in [3.63, 3.8) is 0 Å². The van der Waals surface area contributed by atoms with E-state index in [-0.39, 0.29) is 24.2 Å². The number of piperidine rings is 1. The first-order valence-corrected chi connectivity index (χ1v) is 10.0. The SMILES string of the molecule is CC1(C)CNCCN(Cc2cccc3c2C(=O)N(C2CCC(=O)NC2=O)C3=O)C1. The molecule has 0 aromatic heterocycles. The van der Waals surface area contributed by atoms with Crippen LogP contribution in [0.3, 0.4) is 0 Å². The highest BCUT2D eigenvalue weighted by molar-refractivity contribution is 6.24.